The van der Waals surface area contributed by atoms with Crippen molar-refractivity contribution in [1.82, 2.24) is 4.90 Å². The summed E-state index contributed by atoms with van der Waals surface area (Å²) < 4.78 is 18.6. The summed E-state index contributed by atoms with van der Waals surface area (Å²) in [5.41, 5.74) is -0.179. The molecule has 5 nitrogen and oxygen atoms in total. The molecule has 2 unspecified atom stereocenters. The number of aliphatic hydroxyl groups excluding tert-OH is 2. The number of hydrogen-bond acceptors (Lipinski definition) is 4. The lowest BCUT2D eigenvalue weighted by Gasteiger charge is -2.17. The lowest BCUT2D eigenvalue weighted by Crippen LogP contribution is -2.30. The Balaban J connectivity index is 2.29. The van der Waals surface area contributed by atoms with Gasteiger partial charge < -0.3 is 19.8 Å². The average Bonchev–Trinajstić information content (AvgIpc) is 2.68. The minimum absolute atomic E-state index is 0.0164. The molecule has 0 spiro atoms. The smallest absolute Gasteiger partial charge is 0.260 e. The first-order valence-corrected chi connectivity index (χ1v) is 5.52. The monoisotopic (exact) mass is 255 g/mol. The number of β-amino-alcohol motifs (C(OH)–C–C–N with tert-alkyl or cyclic N) is 2. The number of methoxy groups -OCH3 is 1. The van der Waals surface area contributed by atoms with Crippen LogP contribution in [-0.2, 0) is 0 Å². The third kappa shape index (κ3) is 2.16. The molecule has 1 aliphatic heterocycles. The van der Waals surface area contributed by atoms with Crippen molar-refractivity contribution in [3.63, 3.8) is 0 Å². The number of rotatable bonds is 2. The molecule has 1 heterocycles. The summed E-state index contributed by atoms with van der Waals surface area (Å²) in [6, 6.07) is 4.09. The second-order valence-corrected chi connectivity index (χ2v) is 4.16. The summed E-state index contributed by atoms with van der Waals surface area (Å²) >= 11 is 0. The Hall–Kier alpha value is -1.66. The lowest BCUT2D eigenvalue weighted by molar-refractivity contribution is 0.0572. The van der Waals surface area contributed by atoms with Crippen LogP contribution >= 0.6 is 0 Å². The SMILES string of the molecule is COc1cccc(F)c1C(=O)N1CC(O)C(O)C1. The fourth-order valence-corrected chi connectivity index (χ4v) is 1.98. The molecule has 0 saturated carbocycles. The van der Waals surface area contributed by atoms with Crippen LogP contribution in [-0.4, -0.2) is 53.4 Å². The third-order valence-electron chi connectivity index (χ3n) is 2.96. The summed E-state index contributed by atoms with van der Waals surface area (Å²) in [4.78, 5) is 13.3. The average molecular weight is 255 g/mol. The maximum Gasteiger partial charge on any atom is 0.260 e. The fourth-order valence-electron chi connectivity index (χ4n) is 1.98. The van der Waals surface area contributed by atoms with Gasteiger partial charge in [-0.3, -0.25) is 4.79 Å². The van der Waals surface area contributed by atoms with E-state index in [1.54, 1.807) is 0 Å². The van der Waals surface area contributed by atoms with Crippen molar-refractivity contribution >= 4 is 5.91 Å². The highest BCUT2D eigenvalue weighted by Gasteiger charge is 2.34. The first kappa shape index (κ1) is 12.8. The van der Waals surface area contributed by atoms with Gasteiger partial charge in [-0.15, -0.1) is 0 Å². The van der Waals surface area contributed by atoms with Gasteiger partial charge in [0.25, 0.3) is 5.91 Å². The van der Waals surface area contributed by atoms with E-state index in [2.05, 4.69) is 0 Å². The van der Waals surface area contributed by atoms with Crippen LogP contribution in [0.2, 0.25) is 0 Å². The second-order valence-electron chi connectivity index (χ2n) is 4.16. The molecule has 6 heteroatoms. The van der Waals surface area contributed by atoms with Gasteiger partial charge in [-0.1, -0.05) is 6.07 Å². The van der Waals surface area contributed by atoms with Gasteiger partial charge in [-0.05, 0) is 12.1 Å². The number of benzene rings is 1. The summed E-state index contributed by atoms with van der Waals surface area (Å²) in [7, 11) is 1.35. The van der Waals surface area contributed by atoms with E-state index >= 15 is 0 Å². The number of hydrogen-bond donors (Lipinski definition) is 2. The molecule has 98 valence electrons. The molecule has 1 aromatic carbocycles. The van der Waals surface area contributed by atoms with Crippen molar-refractivity contribution < 1.29 is 24.1 Å². The van der Waals surface area contributed by atoms with Crippen molar-refractivity contribution in [2.24, 2.45) is 0 Å². The van der Waals surface area contributed by atoms with Gasteiger partial charge in [0.05, 0.1) is 19.3 Å². The van der Waals surface area contributed by atoms with Gasteiger partial charge >= 0.3 is 0 Å². The highest BCUT2D eigenvalue weighted by molar-refractivity contribution is 5.97. The van der Waals surface area contributed by atoms with E-state index in [1.165, 1.54) is 30.2 Å². The van der Waals surface area contributed by atoms with Crippen LogP contribution in [0, 0.1) is 5.82 Å². The minimum atomic E-state index is -0.994. The molecule has 1 aliphatic rings. The zero-order chi connectivity index (χ0) is 13.3. The van der Waals surface area contributed by atoms with E-state index in [0.717, 1.165) is 0 Å². The Kier molecular flexibility index (Phi) is 3.49. The Morgan fingerprint density at radius 1 is 1.39 bits per heavy atom. The van der Waals surface area contributed by atoms with Crippen LogP contribution in [0.5, 0.6) is 5.75 Å². The molecule has 1 amide bonds. The van der Waals surface area contributed by atoms with E-state index in [1.807, 2.05) is 0 Å². The number of ether oxygens (including phenoxy) is 1. The zero-order valence-electron chi connectivity index (χ0n) is 9.84. The van der Waals surface area contributed by atoms with Crippen LogP contribution < -0.4 is 4.74 Å². The highest BCUT2D eigenvalue weighted by Crippen LogP contribution is 2.24. The van der Waals surface area contributed by atoms with Crippen LogP contribution in [0.25, 0.3) is 0 Å². The van der Waals surface area contributed by atoms with E-state index in [9.17, 15) is 19.4 Å². The standard InChI is InChI=1S/C12H14FNO4/c1-18-10-4-2-3-7(13)11(10)12(17)14-5-8(15)9(16)6-14/h2-4,8-9,15-16H,5-6H2,1H3. The first-order chi connectivity index (χ1) is 8.54. The van der Waals surface area contributed by atoms with Gasteiger partial charge in [-0.2, -0.15) is 0 Å². The predicted molar refractivity (Wildman–Crippen MR) is 60.9 cm³/mol. The Labute approximate surface area is 103 Å². The first-order valence-electron chi connectivity index (χ1n) is 5.52. The van der Waals surface area contributed by atoms with Crippen LogP contribution in [0.1, 0.15) is 10.4 Å². The largest absolute Gasteiger partial charge is 0.496 e. The molecule has 0 bridgehead atoms. The molecule has 1 saturated heterocycles. The summed E-state index contributed by atoms with van der Waals surface area (Å²) in [6.45, 7) is -0.0328. The quantitative estimate of drug-likeness (QED) is 0.781. The number of amides is 1. The molecular formula is C12H14FNO4. The van der Waals surface area contributed by atoms with Crippen LogP contribution in [0.4, 0.5) is 4.39 Å². The lowest BCUT2D eigenvalue weighted by atomic mass is 10.1. The number of nitrogens with zero attached hydrogens (tertiary/aromatic N) is 1. The molecule has 0 aliphatic carbocycles. The third-order valence-corrected chi connectivity index (χ3v) is 2.96. The Bertz CT molecular complexity index is 455. The number of likely N-dealkylation sites (tertiary alicyclic amines) is 1. The van der Waals surface area contributed by atoms with Crippen molar-refractivity contribution in [3.05, 3.63) is 29.6 Å². The molecule has 2 atom stereocenters. The highest BCUT2D eigenvalue weighted by atomic mass is 19.1. The maximum absolute atomic E-state index is 13.7. The molecule has 0 aromatic heterocycles. The second kappa shape index (κ2) is 4.91. The van der Waals surface area contributed by atoms with Gasteiger partial charge in [0.15, 0.2) is 0 Å². The van der Waals surface area contributed by atoms with Crippen LogP contribution in [0.3, 0.4) is 0 Å². The molecule has 1 fully saturated rings. The topological polar surface area (TPSA) is 70.0 Å². The molecular weight excluding hydrogens is 241 g/mol. The van der Waals surface area contributed by atoms with E-state index in [4.69, 9.17) is 4.74 Å². The minimum Gasteiger partial charge on any atom is -0.496 e. The van der Waals surface area contributed by atoms with Crippen molar-refractivity contribution in [2.45, 2.75) is 12.2 Å². The molecule has 0 radical (unpaired) electrons. The number of aliphatic hydroxyl groups is 2. The van der Waals surface area contributed by atoms with E-state index in [0.29, 0.717) is 0 Å². The van der Waals surface area contributed by atoms with Crippen LogP contribution in [0.15, 0.2) is 18.2 Å². The zero-order valence-corrected chi connectivity index (χ0v) is 9.84. The summed E-state index contributed by atoms with van der Waals surface area (Å²) in [6.07, 6.45) is -1.99. The molecule has 2 rings (SSSR count). The van der Waals surface area contributed by atoms with E-state index in [-0.39, 0.29) is 24.4 Å². The number of halogens is 1. The molecule has 18 heavy (non-hydrogen) atoms. The predicted octanol–water partition coefficient (Wildman–Crippen LogP) is 0.0119. The van der Waals surface area contributed by atoms with Gasteiger partial charge in [0.2, 0.25) is 0 Å². The van der Waals surface area contributed by atoms with Crippen molar-refractivity contribution in [1.29, 1.82) is 0 Å². The molecule has 2 N–H and O–H groups in total. The van der Waals surface area contributed by atoms with Crippen molar-refractivity contribution in [3.8, 4) is 5.75 Å². The van der Waals surface area contributed by atoms with E-state index < -0.39 is 23.9 Å². The summed E-state index contributed by atoms with van der Waals surface area (Å²) in [5.74, 6) is -1.15. The van der Waals surface area contributed by atoms with Gasteiger partial charge in [0, 0.05) is 13.1 Å². The fraction of sp³-hybridized carbons (Fsp3) is 0.417. The number of carbonyl (C=O) groups excluding carboxylic acids is 1. The van der Waals surface area contributed by atoms with Gasteiger partial charge in [0.1, 0.15) is 17.1 Å². The van der Waals surface area contributed by atoms with Crippen molar-refractivity contribution in [2.75, 3.05) is 20.2 Å². The Morgan fingerprint density at radius 2 is 2.00 bits per heavy atom. The van der Waals surface area contributed by atoms with Gasteiger partial charge in [-0.25, -0.2) is 4.39 Å². The Morgan fingerprint density at radius 3 is 2.56 bits per heavy atom. The maximum atomic E-state index is 13.7. The molecule has 1 aromatic rings. The normalized spacial score (nSPS) is 23.2. The number of carbonyl (C=O) groups is 1. The summed E-state index contributed by atoms with van der Waals surface area (Å²) in [5, 5.41) is 18.8.